The maximum Gasteiger partial charge on any atom is 0.310 e. The molecule has 1 amide bonds. The number of carbonyl (C=O) groups excluding carboxylic acids is 1. The number of nitrogens with one attached hydrogen (secondary N) is 1. The predicted octanol–water partition coefficient (Wildman–Crippen LogP) is 4.96. The van der Waals surface area contributed by atoms with Crippen molar-refractivity contribution >= 4 is 11.6 Å². The Labute approximate surface area is 206 Å². The number of carbonyl (C=O) groups is 1. The van der Waals surface area contributed by atoms with E-state index in [1.165, 1.54) is 6.07 Å². The lowest BCUT2D eigenvalue weighted by atomic mass is 9.97. The quantitative estimate of drug-likeness (QED) is 0.296. The maximum atomic E-state index is 12.6. The Morgan fingerprint density at radius 3 is 2.29 bits per heavy atom. The van der Waals surface area contributed by atoms with Gasteiger partial charge in [-0.3, -0.25) is 14.9 Å². The van der Waals surface area contributed by atoms with E-state index in [4.69, 9.17) is 4.74 Å². The van der Waals surface area contributed by atoms with Gasteiger partial charge in [-0.05, 0) is 49.2 Å². The first-order valence-electron chi connectivity index (χ1n) is 11.8. The predicted molar refractivity (Wildman–Crippen MR) is 138 cm³/mol. The summed E-state index contributed by atoms with van der Waals surface area (Å²) in [7, 11) is 3.92. The molecule has 0 saturated carbocycles. The van der Waals surface area contributed by atoms with Gasteiger partial charge in [0.15, 0.2) is 5.75 Å². The third-order valence-electron chi connectivity index (χ3n) is 6.05. The number of benzene rings is 3. The zero-order valence-corrected chi connectivity index (χ0v) is 20.5. The second-order valence-electron chi connectivity index (χ2n) is 8.97. The molecular formula is C28H33N3O4. The summed E-state index contributed by atoms with van der Waals surface area (Å²) in [4.78, 5) is 25.7. The van der Waals surface area contributed by atoms with Crippen LogP contribution < -0.4 is 10.1 Å². The Hall–Kier alpha value is -3.71. The molecule has 2 atom stereocenters. The number of nitro groups is 1. The van der Waals surface area contributed by atoms with Crippen LogP contribution in [0.1, 0.15) is 36.0 Å². The third-order valence-corrected chi connectivity index (χ3v) is 6.05. The lowest BCUT2D eigenvalue weighted by Gasteiger charge is -2.25. The molecule has 3 aromatic rings. The standard InChI is InChI=1S/C28H33N3O4/c1-21(24-12-8-5-9-13-24)16-28(32)29-19-25(30(2)3)17-23-14-15-26(31(33)34)27(18-23)35-20-22-10-6-4-7-11-22/h4-15,18,21,25H,16-17,19-20H2,1-3H3,(H,29,32)/t21-,25-/m0/s1. The molecule has 0 aliphatic heterocycles. The topological polar surface area (TPSA) is 84.7 Å². The number of amides is 1. The Morgan fingerprint density at radius 2 is 1.66 bits per heavy atom. The van der Waals surface area contributed by atoms with Crippen molar-refractivity contribution in [2.24, 2.45) is 0 Å². The van der Waals surface area contributed by atoms with E-state index >= 15 is 0 Å². The van der Waals surface area contributed by atoms with Gasteiger partial charge in [0.05, 0.1) is 4.92 Å². The lowest BCUT2D eigenvalue weighted by molar-refractivity contribution is -0.386. The van der Waals surface area contributed by atoms with Crippen LogP contribution in [-0.4, -0.2) is 42.4 Å². The van der Waals surface area contributed by atoms with E-state index in [0.29, 0.717) is 19.4 Å². The van der Waals surface area contributed by atoms with Crippen molar-refractivity contribution in [1.82, 2.24) is 10.2 Å². The molecule has 7 nitrogen and oxygen atoms in total. The van der Waals surface area contributed by atoms with E-state index < -0.39 is 4.92 Å². The fraction of sp³-hybridized carbons (Fsp3) is 0.321. The monoisotopic (exact) mass is 475 g/mol. The second kappa shape index (κ2) is 12.7. The van der Waals surface area contributed by atoms with Gasteiger partial charge in [-0.15, -0.1) is 0 Å². The van der Waals surface area contributed by atoms with Crippen LogP contribution >= 0.6 is 0 Å². The van der Waals surface area contributed by atoms with E-state index in [2.05, 4.69) is 5.32 Å². The highest BCUT2D eigenvalue weighted by Gasteiger charge is 2.20. The largest absolute Gasteiger partial charge is 0.482 e. The van der Waals surface area contributed by atoms with Crippen molar-refractivity contribution in [3.05, 3.63) is 106 Å². The van der Waals surface area contributed by atoms with Crippen LogP contribution in [0.4, 0.5) is 5.69 Å². The molecule has 0 radical (unpaired) electrons. The van der Waals surface area contributed by atoms with Crippen LogP contribution in [0.5, 0.6) is 5.75 Å². The number of hydrogen-bond acceptors (Lipinski definition) is 5. The highest BCUT2D eigenvalue weighted by molar-refractivity contribution is 5.76. The normalized spacial score (nSPS) is 12.7. The van der Waals surface area contributed by atoms with Gasteiger partial charge in [0.1, 0.15) is 6.61 Å². The number of likely N-dealkylation sites (N-methyl/N-ethyl adjacent to an activating group) is 1. The highest BCUT2D eigenvalue weighted by Crippen LogP contribution is 2.29. The van der Waals surface area contributed by atoms with Crippen LogP contribution in [-0.2, 0) is 17.8 Å². The Kier molecular flexibility index (Phi) is 9.38. The van der Waals surface area contributed by atoms with Gasteiger partial charge in [-0.2, -0.15) is 0 Å². The first-order valence-corrected chi connectivity index (χ1v) is 11.8. The van der Waals surface area contributed by atoms with E-state index in [1.807, 2.05) is 86.6 Å². The molecule has 0 heterocycles. The van der Waals surface area contributed by atoms with Crippen LogP contribution in [0.3, 0.4) is 0 Å². The van der Waals surface area contributed by atoms with E-state index in [1.54, 1.807) is 12.1 Å². The van der Waals surface area contributed by atoms with Crippen molar-refractivity contribution in [1.29, 1.82) is 0 Å². The second-order valence-corrected chi connectivity index (χ2v) is 8.97. The number of ether oxygens (including phenoxy) is 1. The average molecular weight is 476 g/mol. The van der Waals surface area contributed by atoms with Gasteiger partial charge in [-0.1, -0.05) is 73.7 Å². The molecule has 184 valence electrons. The summed E-state index contributed by atoms with van der Waals surface area (Å²) >= 11 is 0. The molecule has 7 heteroatoms. The molecule has 3 rings (SSSR count). The van der Waals surface area contributed by atoms with Crippen LogP contribution in [0, 0.1) is 10.1 Å². The van der Waals surface area contributed by atoms with Crippen molar-refractivity contribution in [2.75, 3.05) is 20.6 Å². The molecule has 0 saturated heterocycles. The minimum atomic E-state index is -0.429. The van der Waals surface area contributed by atoms with Crippen molar-refractivity contribution in [2.45, 2.75) is 38.3 Å². The molecule has 0 spiro atoms. The Bertz CT molecular complexity index is 1100. The molecule has 0 aliphatic rings. The van der Waals surface area contributed by atoms with Gasteiger partial charge < -0.3 is 15.0 Å². The Balaban J connectivity index is 1.63. The minimum absolute atomic E-state index is 0.00351. The fourth-order valence-electron chi connectivity index (χ4n) is 3.88. The maximum absolute atomic E-state index is 12.6. The van der Waals surface area contributed by atoms with Gasteiger partial charge in [-0.25, -0.2) is 0 Å². The van der Waals surface area contributed by atoms with Gasteiger partial charge in [0.25, 0.3) is 0 Å². The lowest BCUT2D eigenvalue weighted by Crippen LogP contribution is -2.41. The number of rotatable bonds is 12. The van der Waals surface area contributed by atoms with Crippen molar-refractivity contribution in [3.8, 4) is 5.75 Å². The van der Waals surface area contributed by atoms with Crippen LogP contribution in [0.25, 0.3) is 0 Å². The summed E-state index contributed by atoms with van der Waals surface area (Å²) < 4.78 is 5.83. The summed E-state index contributed by atoms with van der Waals surface area (Å²) in [6.45, 7) is 2.77. The first kappa shape index (κ1) is 25.9. The van der Waals surface area contributed by atoms with Crippen molar-refractivity contribution < 1.29 is 14.5 Å². The van der Waals surface area contributed by atoms with E-state index in [9.17, 15) is 14.9 Å². The summed E-state index contributed by atoms with van der Waals surface area (Å²) in [5.74, 6) is 0.381. The fourth-order valence-corrected chi connectivity index (χ4v) is 3.88. The number of nitrogens with zero attached hydrogens (tertiary/aromatic N) is 2. The smallest absolute Gasteiger partial charge is 0.310 e. The van der Waals surface area contributed by atoms with Gasteiger partial charge >= 0.3 is 5.69 Å². The third kappa shape index (κ3) is 7.93. The van der Waals surface area contributed by atoms with E-state index in [0.717, 1.165) is 16.7 Å². The molecule has 1 N–H and O–H groups in total. The molecule has 3 aromatic carbocycles. The number of hydrogen-bond donors (Lipinski definition) is 1. The van der Waals surface area contributed by atoms with Crippen molar-refractivity contribution in [3.63, 3.8) is 0 Å². The molecular weight excluding hydrogens is 442 g/mol. The van der Waals surface area contributed by atoms with Crippen LogP contribution in [0.15, 0.2) is 78.9 Å². The number of nitro benzene ring substituents is 1. The molecule has 0 aliphatic carbocycles. The summed E-state index contributed by atoms with van der Waals surface area (Å²) in [5, 5.41) is 14.6. The zero-order chi connectivity index (χ0) is 25.2. The summed E-state index contributed by atoms with van der Waals surface area (Å²) in [6.07, 6.45) is 1.03. The molecule has 0 bridgehead atoms. The van der Waals surface area contributed by atoms with Gasteiger partial charge in [0, 0.05) is 25.1 Å². The zero-order valence-electron chi connectivity index (χ0n) is 20.5. The minimum Gasteiger partial charge on any atom is -0.482 e. The highest BCUT2D eigenvalue weighted by atomic mass is 16.6. The molecule has 0 aromatic heterocycles. The van der Waals surface area contributed by atoms with Gasteiger partial charge in [0.2, 0.25) is 5.91 Å². The summed E-state index contributed by atoms with van der Waals surface area (Å²) in [6, 6.07) is 24.5. The average Bonchev–Trinajstić information content (AvgIpc) is 2.86. The van der Waals surface area contributed by atoms with E-state index in [-0.39, 0.29) is 35.9 Å². The molecule has 0 fully saturated rings. The SMILES string of the molecule is C[C@@H](CC(=O)NC[C@H](Cc1ccc([N+](=O)[O-])c(OCc2ccccc2)c1)N(C)C)c1ccccc1. The van der Waals surface area contributed by atoms with Crippen LogP contribution in [0.2, 0.25) is 0 Å². The molecule has 35 heavy (non-hydrogen) atoms. The Morgan fingerprint density at radius 1 is 1.00 bits per heavy atom. The molecule has 0 unspecified atom stereocenters. The first-order chi connectivity index (χ1) is 16.8. The summed E-state index contributed by atoms with van der Waals surface area (Å²) in [5.41, 5.74) is 2.92.